The van der Waals surface area contributed by atoms with Gasteiger partial charge in [0.25, 0.3) is 0 Å². The van der Waals surface area contributed by atoms with Gasteiger partial charge in [0, 0.05) is 38.5 Å². The number of imide groups is 1. The first kappa shape index (κ1) is 18.6. The Morgan fingerprint density at radius 3 is 2.70 bits per heavy atom. The number of amides is 2. The Kier molecular flexibility index (Phi) is 6.68. The minimum atomic E-state index is -0.348. The van der Waals surface area contributed by atoms with E-state index >= 15 is 0 Å². The van der Waals surface area contributed by atoms with Crippen molar-refractivity contribution >= 4 is 29.0 Å². The Hall–Kier alpha value is -2.44. The summed E-state index contributed by atoms with van der Waals surface area (Å²) in [6.07, 6.45) is 0.540. The summed E-state index contributed by atoms with van der Waals surface area (Å²) in [6.45, 7) is 6.10. The Morgan fingerprint density at radius 1 is 1.43 bits per heavy atom. The lowest BCUT2D eigenvalue weighted by Gasteiger charge is -2.16. The number of hydrogen-bond acceptors (Lipinski definition) is 4. The zero-order valence-electron chi connectivity index (χ0n) is 14.2. The molecule has 1 aromatic carbocycles. The van der Waals surface area contributed by atoms with E-state index < -0.39 is 0 Å². The maximum atomic E-state index is 13.6. The molecule has 2 amide bonds. The molecule has 0 unspecified atom stereocenters. The molecule has 7 heteroatoms. The lowest BCUT2D eigenvalue weighted by atomic mass is 10.1. The summed E-state index contributed by atoms with van der Waals surface area (Å²) in [5.74, 6) is 0.0545. The van der Waals surface area contributed by atoms with Crippen LogP contribution in [0, 0.1) is 12.7 Å². The normalized spacial score (nSPS) is 10.0. The molecule has 0 saturated carbocycles. The molecule has 0 aliphatic rings. The van der Waals surface area contributed by atoms with Crippen LogP contribution in [0.1, 0.15) is 25.8 Å². The molecular weight excluding hydrogens is 299 g/mol. The number of fused-ring (bicyclic) bond motifs is 1. The van der Waals surface area contributed by atoms with Gasteiger partial charge in [-0.2, -0.15) is 5.10 Å². The standard InChI is InChI=1S/C14H17FN4O2.C2H6/c1-9-6-10-12(7-11(9)15)19(3)17-14(10)18(2)5-4-13(21)16-8-20;1-2/h6-8H,4-5H2,1-3H3,(H,16,20,21);1-2H3. The Balaban J connectivity index is 0.00000127. The van der Waals surface area contributed by atoms with Crippen molar-refractivity contribution in [1.29, 1.82) is 0 Å². The third-order valence-corrected chi connectivity index (χ3v) is 3.37. The van der Waals surface area contributed by atoms with Crippen molar-refractivity contribution in [1.82, 2.24) is 15.1 Å². The van der Waals surface area contributed by atoms with E-state index in [0.717, 1.165) is 5.39 Å². The number of hydrogen-bond donors (Lipinski definition) is 1. The minimum absolute atomic E-state index is 0.174. The maximum absolute atomic E-state index is 13.6. The lowest BCUT2D eigenvalue weighted by molar-refractivity contribution is -0.125. The van der Waals surface area contributed by atoms with E-state index in [1.54, 1.807) is 31.8 Å². The lowest BCUT2D eigenvalue weighted by Crippen LogP contribution is -2.28. The summed E-state index contributed by atoms with van der Waals surface area (Å²) in [5, 5.41) is 7.29. The first-order valence-electron chi connectivity index (χ1n) is 7.51. The second-order valence-electron chi connectivity index (χ2n) is 4.92. The number of aromatic nitrogens is 2. The number of aryl methyl sites for hydroxylation is 2. The fourth-order valence-electron chi connectivity index (χ4n) is 2.16. The van der Waals surface area contributed by atoms with Gasteiger partial charge in [-0.25, -0.2) is 4.39 Å². The van der Waals surface area contributed by atoms with Crippen LogP contribution in [0.2, 0.25) is 0 Å². The smallest absolute Gasteiger partial charge is 0.228 e. The second-order valence-corrected chi connectivity index (χ2v) is 4.92. The Bertz CT molecular complexity index is 697. The van der Waals surface area contributed by atoms with Gasteiger partial charge >= 0.3 is 0 Å². The first-order valence-corrected chi connectivity index (χ1v) is 7.51. The molecule has 0 aliphatic carbocycles. The molecule has 0 aliphatic heterocycles. The predicted molar refractivity (Wildman–Crippen MR) is 88.9 cm³/mol. The predicted octanol–water partition coefficient (Wildman–Crippen LogP) is 2.15. The SMILES string of the molecule is CC.Cc1cc2c(N(C)CCC(=O)NC=O)nn(C)c2cc1F. The third kappa shape index (κ3) is 4.28. The molecule has 6 nitrogen and oxygen atoms in total. The summed E-state index contributed by atoms with van der Waals surface area (Å²) < 4.78 is 15.2. The number of halogens is 1. The highest BCUT2D eigenvalue weighted by Crippen LogP contribution is 2.27. The van der Waals surface area contributed by atoms with Crippen molar-refractivity contribution in [2.75, 3.05) is 18.5 Å². The molecule has 0 spiro atoms. The second kappa shape index (κ2) is 8.26. The fraction of sp³-hybridized carbons (Fsp3) is 0.438. The van der Waals surface area contributed by atoms with E-state index in [4.69, 9.17) is 0 Å². The average Bonchev–Trinajstić information content (AvgIpc) is 2.84. The molecule has 23 heavy (non-hydrogen) atoms. The van der Waals surface area contributed by atoms with Crippen molar-refractivity contribution in [2.45, 2.75) is 27.2 Å². The topological polar surface area (TPSA) is 67.2 Å². The van der Waals surface area contributed by atoms with Crippen LogP contribution in [0.5, 0.6) is 0 Å². The number of nitrogens with one attached hydrogen (secondary N) is 1. The van der Waals surface area contributed by atoms with E-state index in [2.05, 4.69) is 10.4 Å². The van der Waals surface area contributed by atoms with Crippen LogP contribution in [0.3, 0.4) is 0 Å². The molecule has 2 aromatic rings. The van der Waals surface area contributed by atoms with Crippen LogP contribution in [0.15, 0.2) is 12.1 Å². The van der Waals surface area contributed by atoms with E-state index in [0.29, 0.717) is 29.9 Å². The summed E-state index contributed by atoms with van der Waals surface area (Å²) in [6, 6.07) is 3.20. The molecule has 1 heterocycles. The Labute approximate surface area is 135 Å². The number of benzene rings is 1. The monoisotopic (exact) mass is 322 g/mol. The van der Waals surface area contributed by atoms with Crippen LogP contribution >= 0.6 is 0 Å². The average molecular weight is 322 g/mol. The van der Waals surface area contributed by atoms with Crippen LogP contribution in [-0.4, -0.2) is 35.7 Å². The van der Waals surface area contributed by atoms with Crippen LogP contribution in [-0.2, 0) is 16.6 Å². The fourth-order valence-corrected chi connectivity index (χ4v) is 2.16. The van der Waals surface area contributed by atoms with Crippen molar-refractivity contribution in [3.05, 3.63) is 23.5 Å². The molecule has 0 saturated heterocycles. The first-order chi connectivity index (χ1) is 10.9. The molecule has 0 fully saturated rings. The maximum Gasteiger partial charge on any atom is 0.228 e. The van der Waals surface area contributed by atoms with E-state index in [9.17, 15) is 14.0 Å². The zero-order chi connectivity index (χ0) is 17.6. The van der Waals surface area contributed by atoms with Gasteiger partial charge in [-0.1, -0.05) is 13.8 Å². The van der Waals surface area contributed by atoms with Crippen molar-refractivity contribution in [3.63, 3.8) is 0 Å². The molecule has 0 radical (unpaired) electrons. The third-order valence-electron chi connectivity index (χ3n) is 3.37. The largest absolute Gasteiger partial charge is 0.357 e. The van der Waals surface area contributed by atoms with Crippen LogP contribution in [0.4, 0.5) is 10.2 Å². The number of rotatable bonds is 5. The summed E-state index contributed by atoms with van der Waals surface area (Å²) >= 11 is 0. The van der Waals surface area contributed by atoms with Crippen LogP contribution in [0.25, 0.3) is 10.9 Å². The van der Waals surface area contributed by atoms with Crippen molar-refractivity contribution < 1.29 is 14.0 Å². The van der Waals surface area contributed by atoms with Gasteiger partial charge in [0.05, 0.1) is 5.52 Å². The van der Waals surface area contributed by atoms with Crippen molar-refractivity contribution in [2.24, 2.45) is 7.05 Å². The van der Waals surface area contributed by atoms with Crippen molar-refractivity contribution in [3.8, 4) is 0 Å². The van der Waals surface area contributed by atoms with Gasteiger partial charge in [0.2, 0.25) is 12.3 Å². The van der Waals surface area contributed by atoms with Gasteiger partial charge in [-0.05, 0) is 18.6 Å². The zero-order valence-corrected chi connectivity index (χ0v) is 14.2. The molecule has 2 rings (SSSR count). The van der Waals surface area contributed by atoms with Gasteiger partial charge in [0.1, 0.15) is 5.82 Å². The van der Waals surface area contributed by atoms with Gasteiger partial charge in [0.15, 0.2) is 5.82 Å². The number of nitrogens with zero attached hydrogens (tertiary/aromatic N) is 3. The van der Waals surface area contributed by atoms with Gasteiger partial charge < -0.3 is 4.90 Å². The highest BCUT2D eigenvalue weighted by molar-refractivity contribution is 5.91. The molecular formula is C16H23FN4O2. The molecule has 0 bridgehead atoms. The minimum Gasteiger partial charge on any atom is -0.357 e. The van der Waals surface area contributed by atoms with Crippen LogP contribution < -0.4 is 10.2 Å². The molecule has 1 N–H and O–H groups in total. The van der Waals surface area contributed by atoms with E-state index in [-0.39, 0.29) is 18.1 Å². The van der Waals surface area contributed by atoms with E-state index in [1.807, 2.05) is 18.7 Å². The highest BCUT2D eigenvalue weighted by Gasteiger charge is 2.15. The number of anilines is 1. The van der Waals surface area contributed by atoms with Gasteiger partial charge in [-0.15, -0.1) is 0 Å². The Morgan fingerprint density at radius 2 is 2.09 bits per heavy atom. The summed E-state index contributed by atoms with van der Waals surface area (Å²) in [5.41, 5.74) is 1.24. The highest BCUT2D eigenvalue weighted by atomic mass is 19.1. The van der Waals surface area contributed by atoms with Gasteiger partial charge in [-0.3, -0.25) is 19.6 Å². The molecule has 0 atom stereocenters. The summed E-state index contributed by atoms with van der Waals surface area (Å²) in [4.78, 5) is 23.3. The molecule has 126 valence electrons. The quantitative estimate of drug-likeness (QED) is 0.857. The van der Waals surface area contributed by atoms with E-state index in [1.165, 1.54) is 6.07 Å². The number of carbonyl (C=O) groups is 2. The summed E-state index contributed by atoms with van der Waals surface area (Å²) in [7, 11) is 3.54. The molecule has 1 aromatic heterocycles. The number of carbonyl (C=O) groups excluding carboxylic acids is 2.